The zero-order chi connectivity index (χ0) is 23.0. The van der Waals surface area contributed by atoms with Gasteiger partial charge in [-0.3, -0.25) is 9.59 Å². The third-order valence-electron chi connectivity index (χ3n) is 5.63. The highest BCUT2D eigenvalue weighted by atomic mass is 16.5. The summed E-state index contributed by atoms with van der Waals surface area (Å²) in [6.07, 6.45) is 8.46. The molecular weight excluding hydrogens is 400 g/mol. The Morgan fingerprint density at radius 2 is 0.969 bits per heavy atom. The van der Waals surface area contributed by atoms with E-state index in [0.717, 1.165) is 49.7 Å². The molecule has 0 amide bonds. The van der Waals surface area contributed by atoms with Crippen LogP contribution < -0.4 is 0 Å². The fourth-order valence-corrected chi connectivity index (χ4v) is 3.62. The van der Waals surface area contributed by atoms with Gasteiger partial charge in [-0.2, -0.15) is 0 Å². The Morgan fingerprint density at radius 1 is 0.594 bits per heavy atom. The van der Waals surface area contributed by atoms with E-state index in [0.29, 0.717) is 38.9 Å². The van der Waals surface area contributed by atoms with Gasteiger partial charge in [0.25, 0.3) is 0 Å². The fourth-order valence-electron chi connectivity index (χ4n) is 3.62. The summed E-state index contributed by atoms with van der Waals surface area (Å²) < 4.78 is 10.9. The van der Waals surface area contributed by atoms with Gasteiger partial charge >= 0.3 is 11.9 Å². The summed E-state index contributed by atoms with van der Waals surface area (Å²) in [5, 5.41) is 0. The zero-order valence-electron chi connectivity index (χ0n) is 19.7. The average molecular weight is 439 g/mol. The first kappa shape index (κ1) is 25.6. The van der Waals surface area contributed by atoms with Gasteiger partial charge in [0.15, 0.2) is 0 Å². The Morgan fingerprint density at radius 3 is 1.34 bits per heavy atom. The van der Waals surface area contributed by atoms with Crippen molar-refractivity contribution in [2.45, 2.75) is 91.3 Å². The molecule has 0 aliphatic heterocycles. The largest absolute Gasteiger partial charge is 0.461 e. The average Bonchev–Trinajstić information content (AvgIpc) is 2.82. The molecule has 32 heavy (non-hydrogen) atoms. The van der Waals surface area contributed by atoms with Crippen molar-refractivity contribution in [1.82, 2.24) is 0 Å². The first-order valence-corrected chi connectivity index (χ1v) is 12.1. The summed E-state index contributed by atoms with van der Waals surface area (Å²) in [6.45, 7) is 4.98. The number of benzene rings is 2. The Hall–Kier alpha value is -2.62. The van der Waals surface area contributed by atoms with Crippen molar-refractivity contribution in [2.24, 2.45) is 0 Å². The number of hydrogen-bond acceptors (Lipinski definition) is 4. The monoisotopic (exact) mass is 438 g/mol. The van der Waals surface area contributed by atoms with Crippen molar-refractivity contribution in [3.8, 4) is 0 Å². The number of carbonyl (C=O) groups is 2. The molecule has 0 bridgehead atoms. The maximum atomic E-state index is 12.1. The van der Waals surface area contributed by atoms with Crippen molar-refractivity contribution in [3.05, 3.63) is 70.8 Å². The summed E-state index contributed by atoms with van der Waals surface area (Å²) in [5.41, 5.74) is 4.66. The molecule has 0 heterocycles. The number of carbonyl (C=O) groups excluding carboxylic acids is 2. The lowest BCUT2D eigenvalue weighted by molar-refractivity contribution is -0.147. The van der Waals surface area contributed by atoms with Gasteiger partial charge in [-0.25, -0.2) is 0 Å². The molecule has 174 valence electrons. The van der Waals surface area contributed by atoms with Gasteiger partial charge in [-0.1, -0.05) is 75.2 Å². The van der Waals surface area contributed by atoms with Crippen LogP contribution in [-0.4, -0.2) is 11.9 Å². The Kier molecular flexibility index (Phi) is 12.2. The Bertz CT molecular complexity index is 758. The highest BCUT2D eigenvalue weighted by Crippen LogP contribution is 2.15. The number of rotatable bonds is 15. The summed E-state index contributed by atoms with van der Waals surface area (Å²) in [4.78, 5) is 24.2. The minimum Gasteiger partial charge on any atom is -0.461 e. The quantitative estimate of drug-likeness (QED) is 0.229. The van der Waals surface area contributed by atoms with Crippen LogP contribution in [0.4, 0.5) is 0 Å². The van der Waals surface area contributed by atoms with Gasteiger partial charge in [0.2, 0.25) is 0 Å². The van der Waals surface area contributed by atoms with Gasteiger partial charge in [0, 0.05) is 12.8 Å². The second-order valence-electron chi connectivity index (χ2n) is 8.27. The van der Waals surface area contributed by atoms with E-state index in [9.17, 15) is 9.59 Å². The summed E-state index contributed by atoms with van der Waals surface area (Å²) in [7, 11) is 0. The topological polar surface area (TPSA) is 52.6 Å². The molecule has 2 rings (SSSR count). The van der Waals surface area contributed by atoms with E-state index in [2.05, 4.69) is 26.0 Å². The lowest BCUT2D eigenvalue weighted by atomic mass is 10.0. The van der Waals surface area contributed by atoms with E-state index in [1.165, 1.54) is 11.1 Å². The second kappa shape index (κ2) is 15.2. The van der Waals surface area contributed by atoms with E-state index in [1.807, 2.05) is 36.4 Å². The number of hydrogen-bond donors (Lipinski definition) is 0. The minimum atomic E-state index is -0.214. The van der Waals surface area contributed by atoms with Crippen molar-refractivity contribution >= 4 is 11.9 Å². The molecule has 2 aromatic carbocycles. The molecule has 0 aromatic heterocycles. The van der Waals surface area contributed by atoms with Crippen LogP contribution in [0.2, 0.25) is 0 Å². The molecule has 0 radical (unpaired) electrons. The van der Waals surface area contributed by atoms with Crippen LogP contribution in [-0.2, 0) is 45.1 Å². The zero-order valence-corrected chi connectivity index (χ0v) is 19.7. The maximum Gasteiger partial charge on any atom is 0.306 e. The van der Waals surface area contributed by atoms with Crippen molar-refractivity contribution in [3.63, 3.8) is 0 Å². The van der Waals surface area contributed by atoms with E-state index < -0.39 is 0 Å². The highest BCUT2D eigenvalue weighted by Gasteiger charge is 2.09. The number of unbranched alkanes of at least 4 members (excludes halogenated alkanes) is 3. The molecule has 0 N–H and O–H groups in total. The summed E-state index contributed by atoms with van der Waals surface area (Å²) in [6, 6.07) is 16.3. The van der Waals surface area contributed by atoms with Crippen LogP contribution in [0.5, 0.6) is 0 Å². The Labute approximate surface area is 193 Å². The molecular formula is C28H38O4. The molecule has 0 fully saturated rings. The van der Waals surface area contributed by atoms with Crippen LogP contribution in [0.3, 0.4) is 0 Å². The van der Waals surface area contributed by atoms with Crippen molar-refractivity contribution in [1.29, 1.82) is 0 Å². The molecule has 0 aliphatic rings. The number of aryl methyl sites for hydroxylation is 2. The summed E-state index contributed by atoms with van der Waals surface area (Å²) >= 11 is 0. The van der Waals surface area contributed by atoms with E-state index in [4.69, 9.17) is 9.47 Å². The van der Waals surface area contributed by atoms with Gasteiger partial charge in [0.05, 0.1) is 0 Å². The summed E-state index contributed by atoms with van der Waals surface area (Å²) in [5.74, 6) is -0.429. The molecule has 0 spiro atoms. The van der Waals surface area contributed by atoms with Crippen molar-refractivity contribution in [2.75, 3.05) is 0 Å². The molecule has 0 aliphatic carbocycles. The lowest BCUT2D eigenvalue weighted by Crippen LogP contribution is -2.08. The van der Waals surface area contributed by atoms with Gasteiger partial charge in [0.1, 0.15) is 13.2 Å². The molecule has 0 saturated carbocycles. The first-order valence-electron chi connectivity index (χ1n) is 12.1. The molecule has 4 nitrogen and oxygen atoms in total. The standard InChI is InChI=1S/C28H38O4/c1-3-5-13-23-15-7-9-17-25(23)21-31-27(29)19-11-12-20-28(30)32-22-26-18-10-8-16-24(26)14-6-4-2/h7-10,15-18H,3-6,11-14,19-22H2,1-2H3. The van der Waals surface area contributed by atoms with Gasteiger partial charge in [-0.05, 0) is 60.8 Å². The van der Waals surface area contributed by atoms with Gasteiger partial charge in [-0.15, -0.1) is 0 Å². The van der Waals surface area contributed by atoms with E-state index >= 15 is 0 Å². The van der Waals surface area contributed by atoms with Crippen molar-refractivity contribution < 1.29 is 19.1 Å². The highest BCUT2D eigenvalue weighted by molar-refractivity contribution is 5.70. The van der Waals surface area contributed by atoms with Crippen LogP contribution >= 0.6 is 0 Å². The van der Waals surface area contributed by atoms with Crippen LogP contribution in [0, 0.1) is 0 Å². The molecule has 4 heteroatoms. The molecule has 0 saturated heterocycles. The fraction of sp³-hybridized carbons (Fsp3) is 0.500. The van der Waals surface area contributed by atoms with Crippen LogP contribution in [0.1, 0.15) is 87.5 Å². The van der Waals surface area contributed by atoms with E-state index in [-0.39, 0.29) is 11.9 Å². The second-order valence-corrected chi connectivity index (χ2v) is 8.27. The smallest absolute Gasteiger partial charge is 0.306 e. The third-order valence-corrected chi connectivity index (χ3v) is 5.63. The molecule has 0 atom stereocenters. The molecule has 0 unspecified atom stereocenters. The predicted molar refractivity (Wildman–Crippen MR) is 128 cm³/mol. The SMILES string of the molecule is CCCCc1ccccc1COC(=O)CCCCC(=O)OCc1ccccc1CCCC. The predicted octanol–water partition coefficient (Wildman–Crippen LogP) is 6.72. The van der Waals surface area contributed by atoms with E-state index in [1.54, 1.807) is 0 Å². The first-order chi connectivity index (χ1) is 15.6. The molecule has 2 aromatic rings. The number of ether oxygens (including phenoxy) is 2. The van der Waals surface area contributed by atoms with Gasteiger partial charge < -0.3 is 9.47 Å². The maximum absolute atomic E-state index is 12.1. The van der Waals surface area contributed by atoms with Crippen LogP contribution in [0.25, 0.3) is 0 Å². The third kappa shape index (κ3) is 9.67. The lowest BCUT2D eigenvalue weighted by Gasteiger charge is -2.11. The number of esters is 2. The van der Waals surface area contributed by atoms with Crippen LogP contribution in [0.15, 0.2) is 48.5 Å². The normalized spacial score (nSPS) is 10.7. The Balaban J connectivity index is 1.63. The minimum absolute atomic E-state index is 0.214.